The fourth-order valence-electron chi connectivity index (χ4n) is 4.34. The molecule has 0 saturated carbocycles. The first-order valence-electron chi connectivity index (χ1n) is 12.1. The van der Waals surface area contributed by atoms with Crippen LogP contribution in [0.2, 0.25) is 0 Å². The molecule has 1 N–H and O–H groups in total. The predicted molar refractivity (Wildman–Crippen MR) is 141 cm³/mol. The van der Waals surface area contributed by atoms with E-state index in [0.717, 1.165) is 12.0 Å². The Balaban J connectivity index is 1.87. The third-order valence-corrected chi connectivity index (χ3v) is 6.00. The highest BCUT2D eigenvalue weighted by atomic mass is 16.5. The van der Waals surface area contributed by atoms with E-state index in [9.17, 15) is 19.5 Å². The number of benzene rings is 3. The van der Waals surface area contributed by atoms with Crippen LogP contribution in [0.4, 0.5) is 5.69 Å². The number of aryl methyl sites for hydroxylation is 1. The molecule has 37 heavy (non-hydrogen) atoms. The molecule has 3 aromatic carbocycles. The van der Waals surface area contributed by atoms with Crippen LogP contribution < -0.4 is 14.4 Å². The molecule has 0 radical (unpaired) electrons. The summed E-state index contributed by atoms with van der Waals surface area (Å²) in [4.78, 5) is 39.6. The summed E-state index contributed by atoms with van der Waals surface area (Å²) in [6.07, 6.45) is 0.803. The second-order valence-electron chi connectivity index (χ2n) is 9.05. The number of amides is 1. The normalized spacial score (nSPS) is 16.8. The number of nitrogens with zero attached hydrogens (tertiary/aromatic N) is 1. The van der Waals surface area contributed by atoms with Crippen LogP contribution in [-0.4, -0.2) is 28.9 Å². The molecule has 0 bridgehead atoms. The molecule has 1 aliphatic heterocycles. The summed E-state index contributed by atoms with van der Waals surface area (Å²) in [5.74, 6) is -1.47. The number of ketones is 1. The monoisotopic (exact) mass is 499 g/mol. The van der Waals surface area contributed by atoms with Crippen molar-refractivity contribution in [3.63, 3.8) is 0 Å². The van der Waals surface area contributed by atoms with Gasteiger partial charge in [-0.3, -0.25) is 19.3 Å². The van der Waals surface area contributed by atoms with Crippen LogP contribution in [0.25, 0.3) is 5.76 Å². The molecule has 0 spiro atoms. The lowest BCUT2D eigenvalue weighted by atomic mass is 9.95. The maximum atomic E-state index is 13.4. The second kappa shape index (κ2) is 10.7. The molecule has 4 rings (SSSR count). The first-order chi connectivity index (χ1) is 17.7. The van der Waals surface area contributed by atoms with Gasteiger partial charge in [0.05, 0.1) is 17.7 Å². The molecule has 0 aliphatic carbocycles. The number of anilines is 1. The van der Waals surface area contributed by atoms with Gasteiger partial charge < -0.3 is 14.6 Å². The standard InChI is InChI=1S/C30H29NO6/c1-5-20-9-13-23(14-10-20)31-27(22-7-6-8-25(17-22)37-19(4)32)26(29(34)30(31)35)28(33)21-11-15-24(16-12-21)36-18(2)3/h6-18,27,33H,5H2,1-4H3/b28-26-. The molecule has 1 saturated heterocycles. The van der Waals surface area contributed by atoms with Crippen LogP contribution in [0, 0.1) is 0 Å². The van der Waals surface area contributed by atoms with Crippen molar-refractivity contribution in [1.82, 2.24) is 0 Å². The van der Waals surface area contributed by atoms with Crippen molar-refractivity contribution in [3.8, 4) is 11.5 Å². The largest absolute Gasteiger partial charge is 0.507 e. The summed E-state index contributed by atoms with van der Waals surface area (Å²) in [5, 5.41) is 11.3. The zero-order valence-electron chi connectivity index (χ0n) is 21.2. The number of aliphatic hydroxyl groups excluding tert-OH is 1. The lowest BCUT2D eigenvalue weighted by Crippen LogP contribution is -2.29. The van der Waals surface area contributed by atoms with Crippen LogP contribution in [0.3, 0.4) is 0 Å². The minimum Gasteiger partial charge on any atom is -0.507 e. The first kappa shape index (κ1) is 25.7. The van der Waals surface area contributed by atoms with Crippen molar-refractivity contribution in [3.05, 3.63) is 95.1 Å². The number of carbonyl (C=O) groups excluding carboxylic acids is 3. The van der Waals surface area contributed by atoms with Crippen molar-refractivity contribution in [2.24, 2.45) is 0 Å². The first-order valence-corrected chi connectivity index (χ1v) is 12.1. The van der Waals surface area contributed by atoms with Crippen molar-refractivity contribution >= 4 is 29.1 Å². The van der Waals surface area contributed by atoms with Crippen molar-refractivity contribution < 1.29 is 29.0 Å². The van der Waals surface area contributed by atoms with Gasteiger partial charge in [-0.15, -0.1) is 0 Å². The topological polar surface area (TPSA) is 93.1 Å². The van der Waals surface area contributed by atoms with Gasteiger partial charge in [0.25, 0.3) is 11.7 Å². The van der Waals surface area contributed by atoms with Crippen molar-refractivity contribution in [2.45, 2.75) is 46.3 Å². The molecule has 7 nitrogen and oxygen atoms in total. The molecular formula is C30H29NO6. The Labute approximate surface area is 215 Å². The van der Waals surface area contributed by atoms with Gasteiger partial charge in [0.2, 0.25) is 0 Å². The van der Waals surface area contributed by atoms with Crippen LogP contribution in [0.15, 0.2) is 78.4 Å². The molecule has 190 valence electrons. The molecule has 1 heterocycles. The lowest BCUT2D eigenvalue weighted by Gasteiger charge is -2.26. The number of hydrogen-bond donors (Lipinski definition) is 1. The van der Waals surface area contributed by atoms with Gasteiger partial charge in [0.1, 0.15) is 17.3 Å². The minimum absolute atomic E-state index is 0.0200. The third-order valence-electron chi connectivity index (χ3n) is 6.00. The van der Waals surface area contributed by atoms with E-state index >= 15 is 0 Å². The van der Waals surface area contributed by atoms with Crippen molar-refractivity contribution in [2.75, 3.05) is 4.90 Å². The van der Waals surface area contributed by atoms with Gasteiger partial charge in [-0.05, 0) is 79.9 Å². The van der Waals surface area contributed by atoms with Gasteiger partial charge in [-0.1, -0.05) is 31.2 Å². The molecular weight excluding hydrogens is 470 g/mol. The highest BCUT2D eigenvalue weighted by Crippen LogP contribution is 2.43. The number of rotatable bonds is 7. The third kappa shape index (κ3) is 5.40. The SMILES string of the molecule is CCc1ccc(N2C(=O)C(=O)/C(=C(\O)c3ccc(OC(C)C)cc3)C2c2cccc(OC(C)=O)c2)cc1. The number of hydrogen-bond acceptors (Lipinski definition) is 6. The fourth-order valence-corrected chi connectivity index (χ4v) is 4.34. The molecule has 3 aromatic rings. The summed E-state index contributed by atoms with van der Waals surface area (Å²) in [7, 11) is 0. The van der Waals surface area contributed by atoms with Crippen molar-refractivity contribution in [1.29, 1.82) is 0 Å². The predicted octanol–water partition coefficient (Wildman–Crippen LogP) is 5.59. The van der Waals surface area contributed by atoms with E-state index in [0.29, 0.717) is 22.6 Å². The minimum atomic E-state index is -0.936. The fraction of sp³-hybridized carbons (Fsp3) is 0.233. The molecule has 1 amide bonds. The van der Waals surface area contributed by atoms with E-state index in [1.807, 2.05) is 32.9 Å². The number of carbonyl (C=O) groups is 3. The second-order valence-corrected chi connectivity index (χ2v) is 9.05. The summed E-state index contributed by atoms with van der Waals surface area (Å²) < 4.78 is 10.9. The summed E-state index contributed by atoms with van der Waals surface area (Å²) in [6, 6.07) is 19.7. The lowest BCUT2D eigenvalue weighted by molar-refractivity contribution is -0.132. The Hall–Kier alpha value is -4.39. The van der Waals surface area contributed by atoms with E-state index in [2.05, 4.69) is 0 Å². The summed E-state index contributed by atoms with van der Waals surface area (Å²) in [6.45, 7) is 7.14. The number of ether oxygens (including phenoxy) is 2. The molecule has 1 unspecified atom stereocenters. The number of esters is 1. The van der Waals surface area contributed by atoms with Gasteiger partial charge in [0, 0.05) is 18.2 Å². The Morgan fingerprint density at radius 1 is 0.973 bits per heavy atom. The molecule has 1 atom stereocenters. The Morgan fingerprint density at radius 3 is 2.24 bits per heavy atom. The zero-order valence-corrected chi connectivity index (χ0v) is 21.2. The van der Waals surface area contributed by atoms with E-state index in [-0.39, 0.29) is 23.2 Å². The average Bonchev–Trinajstić information content (AvgIpc) is 3.14. The van der Waals surface area contributed by atoms with Crippen LogP contribution >= 0.6 is 0 Å². The Bertz CT molecular complexity index is 1360. The van der Waals surface area contributed by atoms with Gasteiger partial charge >= 0.3 is 5.97 Å². The molecule has 1 fully saturated rings. The van der Waals surface area contributed by atoms with E-state index in [4.69, 9.17) is 9.47 Å². The van der Waals surface area contributed by atoms with Crippen LogP contribution in [0.1, 0.15) is 50.4 Å². The smallest absolute Gasteiger partial charge is 0.308 e. The Kier molecular flexibility index (Phi) is 7.43. The quantitative estimate of drug-likeness (QED) is 0.150. The Morgan fingerprint density at radius 2 is 1.65 bits per heavy atom. The summed E-state index contributed by atoms with van der Waals surface area (Å²) in [5.41, 5.74) is 2.43. The number of Topliss-reactive ketones (excluding diaryl/α,β-unsaturated/α-hetero) is 1. The maximum absolute atomic E-state index is 13.4. The summed E-state index contributed by atoms with van der Waals surface area (Å²) >= 11 is 0. The number of aliphatic hydroxyl groups is 1. The van der Waals surface area contributed by atoms with Gasteiger partial charge in [0.15, 0.2) is 0 Å². The zero-order chi connectivity index (χ0) is 26.7. The average molecular weight is 500 g/mol. The van der Waals surface area contributed by atoms with Gasteiger partial charge in [-0.25, -0.2) is 0 Å². The molecule has 1 aliphatic rings. The van der Waals surface area contributed by atoms with E-state index < -0.39 is 23.7 Å². The van der Waals surface area contributed by atoms with E-state index in [1.165, 1.54) is 11.8 Å². The molecule has 7 heteroatoms. The highest BCUT2D eigenvalue weighted by molar-refractivity contribution is 6.51. The van der Waals surface area contributed by atoms with E-state index in [1.54, 1.807) is 60.7 Å². The van der Waals surface area contributed by atoms with Crippen LogP contribution in [0.5, 0.6) is 11.5 Å². The maximum Gasteiger partial charge on any atom is 0.308 e. The van der Waals surface area contributed by atoms with Crippen LogP contribution in [-0.2, 0) is 20.8 Å². The highest BCUT2D eigenvalue weighted by Gasteiger charge is 2.47. The van der Waals surface area contributed by atoms with Gasteiger partial charge in [-0.2, -0.15) is 0 Å². The molecule has 0 aromatic heterocycles.